The molecule has 0 radical (unpaired) electrons. The molecule has 1 heterocycles. The van der Waals surface area contributed by atoms with Gasteiger partial charge in [-0.1, -0.05) is 0 Å². The number of ether oxygens (including phenoxy) is 1. The van der Waals surface area contributed by atoms with Crippen LogP contribution in [0.3, 0.4) is 0 Å². The van der Waals surface area contributed by atoms with E-state index in [-0.39, 0.29) is 11.9 Å². The summed E-state index contributed by atoms with van der Waals surface area (Å²) in [4.78, 5) is 17.7. The monoisotopic (exact) mass is 266 g/mol. The third-order valence-corrected chi connectivity index (χ3v) is 4.62. The Labute approximate surface area is 111 Å². The Bertz CT molecular complexity index is 454. The lowest BCUT2D eigenvalue weighted by Crippen LogP contribution is -2.14. The highest BCUT2D eigenvalue weighted by atomic mass is 32.1. The van der Waals surface area contributed by atoms with Crippen molar-refractivity contribution in [3.05, 3.63) is 10.6 Å². The number of anilines is 1. The van der Waals surface area contributed by atoms with Crippen LogP contribution in [-0.4, -0.2) is 24.1 Å². The van der Waals surface area contributed by atoms with Gasteiger partial charge in [-0.05, 0) is 38.5 Å². The van der Waals surface area contributed by atoms with E-state index in [9.17, 15) is 4.79 Å². The molecule has 0 bridgehead atoms. The van der Waals surface area contributed by atoms with E-state index in [2.05, 4.69) is 10.3 Å². The van der Waals surface area contributed by atoms with Gasteiger partial charge in [0.2, 0.25) is 0 Å². The fraction of sp³-hybridized carbons (Fsp3) is 0.692. The molecule has 2 aliphatic carbocycles. The van der Waals surface area contributed by atoms with Crippen molar-refractivity contribution >= 4 is 22.4 Å². The standard InChI is InChI=1S/C13H18N2O2S/c1-2-17-12(16)9-5-6-10-11(9)15-13(18-10)14-7-8-3-4-8/h8-9H,2-7H2,1H3,(H,14,15). The zero-order valence-corrected chi connectivity index (χ0v) is 11.4. The first-order valence-electron chi connectivity index (χ1n) is 6.68. The van der Waals surface area contributed by atoms with Crippen LogP contribution < -0.4 is 5.32 Å². The zero-order chi connectivity index (χ0) is 12.5. The minimum absolute atomic E-state index is 0.115. The molecule has 1 aromatic rings. The summed E-state index contributed by atoms with van der Waals surface area (Å²) in [5.41, 5.74) is 0.955. The number of esters is 1. The van der Waals surface area contributed by atoms with E-state index >= 15 is 0 Å². The maximum atomic E-state index is 11.8. The van der Waals surface area contributed by atoms with Crippen molar-refractivity contribution in [3.63, 3.8) is 0 Å². The summed E-state index contributed by atoms with van der Waals surface area (Å²) in [6, 6.07) is 0. The quantitative estimate of drug-likeness (QED) is 0.832. The molecule has 1 saturated carbocycles. The Hall–Kier alpha value is -1.10. The molecule has 0 aliphatic heterocycles. The zero-order valence-electron chi connectivity index (χ0n) is 10.6. The van der Waals surface area contributed by atoms with Gasteiger partial charge in [0.05, 0.1) is 12.3 Å². The van der Waals surface area contributed by atoms with Crippen LogP contribution in [0.4, 0.5) is 5.13 Å². The predicted molar refractivity (Wildman–Crippen MR) is 71.0 cm³/mol. The Morgan fingerprint density at radius 3 is 3.06 bits per heavy atom. The lowest BCUT2D eigenvalue weighted by Gasteiger charge is -2.08. The molecule has 0 amide bonds. The van der Waals surface area contributed by atoms with Crippen molar-refractivity contribution in [3.8, 4) is 0 Å². The van der Waals surface area contributed by atoms with Gasteiger partial charge in [0.15, 0.2) is 5.13 Å². The predicted octanol–water partition coefficient (Wildman–Crippen LogP) is 2.56. The van der Waals surface area contributed by atoms with Crippen LogP contribution in [0.1, 0.15) is 42.7 Å². The summed E-state index contributed by atoms with van der Waals surface area (Å²) < 4.78 is 5.11. The average molecular weight is 266 g/mol. The smallest absolute Gasteiger partial charge is 0.315 e. The lowest BCUT2D eigenvalue weighted by molar-refractivity contribution is -0.145. The summed E-state index contributed by atoms with van der Waals surface area (Å²) in [6.07, 6.45) is 4.49. The second-order valence-electron chi connectivity index (χ2n) is 5.00. The van der Waals surface area contributed by atoms with Gasteiger partial charge in [-0.25, -0.2) is 4.98 Å². The molecule has 3 rings (SSSR count). The van der Waals surface area contributed by atoms with Crippen molar-refractivity contribution in [1.82, 2.24) is 4.98 Å². The number of carbonyl (C=O) groups excluding carboxylic acids is 1. The second-order valence-corrected chi connectivity index (χ2v) is 6.08. The average Bonchev–Trinajstić information content (AvgIpc) is 2.96. The largest absolute Gasteiger partial charge is 0.465 e. The van der Waals surface area contributed by atoms with Crippen LogP contribution >= 0.6 is 11.3 Å². The molecule has 2 aliphatic rings. The van der Waals surface area contributed by atoms with E-state index < -0.39 is 0 Å². The van der Waals surface area contributed by atoms with Crippen LogP contribution in [0, 0.1) is 5.92 Å². The van der Waals surface area contributed by atoms with Gasteiger partial charge >= 0.3 is 5.97 Å². The Kier molecular flexibility index (Phi) is 3.24. The van der Waals surface area contributed by atoms with Crippen LogP contribution in [0.15, 0.2) is 0 Å². The van der Waals surface area contributed by atoms with Crippen molar-refractivity contribution in [2.45, 2.75) is 38.5 Å². The number of aromatic nitrogens is 1. The summed E-state index contributed by atoms with van der Waals surface area (Å²) in [5, 5.41) is 4.36. The Morgan fingerprint density at radius 2 is 2.33 bits per heavy atom. The van der Waals surface area contributed by atoms with E-state index in [4.69, 9.17) is 4.74 Å². The van der Waals surface area contributed by atoms with Crippen molar-refractivity contribution in [2.24, 2.45) is 5.92 Å². The summed E-state index contributed by atoms with van der Waals surface area (Å²) >= 11 is 1.70. The third-order valence-electron chi connectivity index (χ3n) is 3.53. The van der Waals surface area contributed by atoms with Gasteiger partial charge in [-0.2, -0.15) is 0 Å². The number of thiazole rings is 1. The minimum Gasteiger partial charge on any atom is -0.465 e. The molecule has 1 unspecified atom stereocenters. The van der Waals surface area contributed by atoms with Crippen LogP contribution in [-0.2, 0) is 16.0 Å². The number of fused-ring (bicyclic) bond motifs is 1. The molecular formula is C13H18N2O2S. The van der Waals surface area contributed by atoms with Gasteiger partial charge in [-0.15, -0.1) is 11.3 Å². The topological polar surface area (TPSA) is 51.2 Å². The third kappa shape index (κ3) is 2.36. The number of nitrogens with one attached hydrogen (secondary N) is 1. The molecule has 0 spiro atoms. The number of carbonyl (C=O) groups is 1. The molecule has 0 saturated heterocycles. The first-order chi connectivity index (χ1) is 8.78. The number of hydrogen-bond acceptors (Lipinski definition) is 5. The second kappa shape index (κ2) is 4.88. The highest BCUT2D eigenvalue weighted by Crippen LogP contribution is 2.39. The van der Waals surface area contributed by atoms with Gasteiger partial charge in [-0.3, -0.25) is 4.79 Å². The summed E-state index contributed by atoms with van der Waals surface area (Å²) in [7, 11) is 0. The van der Waals surface area contributed by atoms with Gasteiger partial charge in [0.25, 0.3) is 0 Å². The maximum Gasteiger partial charge on any atom is 0.315 e. The van der Waals surface area contributed by atoms with Crippen molar-refractivity contribution in [1.29, 1.82) is 0 Å². The highest BCUT2D eigenvalue weighted by molar-refractivity contribution is 7.15. The Balaban J connectivity index is 1.68. The minimum atomic E-state index is -0.132. The SMILES string of the molecule is CCOC(=O)C1CCc2sc(NCC3CC3)nc21. The van der Waals surface area contributed by atoms with Crippen molar-refractivity contribution in [2.75, 3.05) is 18.5 Å². The van der Waals surface area contributed by atoms with Crippen LogP contribution in [0.2, 0.25) is 0 Å². The van der Waals surface area contributed by atoms with Crippen molar-refractivity contribution < 1.29 is 9.53 Å². The van der Waals surface area contributed by atoms with Crippen LogP contribution in [0.5, 0.6) is 0 Å². The molecule has 1 fully saturated rings. The van der Waals surface area contributed by atoms with Gasteiger partial charge < -0.3 is 10.1 Å². The first-order valence-corrected chi connectivity index (χ1v) is 7.49. The number of hydrogen-bond donors (Lipinski definition) is 1. The summed E-state index contributed by atoms with van der Waals surface area (Å²) in [5.74, 6) is 0.590. The normalized spacial score (nSPS) is 21.7. The molecular weight excluding hydrogens is 248 g/mol. The fourth-order valence-corrected chi connectivity index (χ4v) is 3.37. The molecule has 1 aromatic heterocycles. The van der Waals surface area contributed by atoms with E-state index in [0.29, 0.717) is 6.61 Å². The number of aryl methyl sites for hydroxylation is 1. The molecule has 1 atom stereocenters. The van der Waals surface area contributed by atoms with E-state index in [0.717, 1.165) is 36.1 Å². The molecule has 98 valence electrons. The Morgan fingerprint density at radius 1 is 1.50 bits per heavy atom. The summed E-state index contributed by atoms with van der Waals surface area (Å²) in [6.45, 7) is 3.31. The molecule has 1 N–H and O–H groups in total. The fourth-order valence-electron chi connectivity index (χ4n) is 2.33. The molecule has 0 aromatic carbocycles. The van der Waals surface area contributed by atoms with Gasteiger partial charge in [0.1, 0.15) is 5.92 Å². The lowest BCUT2D eigenvalue weighted by atomic mass is 10.1. The van der Waals surface area contributed by atoms with Gasteiger partial charge in [0, 0.05) is 11.4 Å². The first kappa shape index (κ1) is 12.0. The number of rotatable bonds is 5. The maximum absolute atomic E-state index is 11.8. The van der Waals surface area contributed by atoms with E-state index in [1.54, 1.807) is 11.3 Å². The molecule has 4 nitrogen and oxygen atoms in total. The highest BCUT2D eigenvalue weighted by Gasteiger charge is 2.33. The van der Waals surface area contributed by atoms with Crippen LogP contribution in [0.25, 0.3) is 0 Å². The van der Waals surface area contributed by atoms with E-state index in [1.165, 1.54) is 17.7 Å². The molecule has 18 heavy (non-hydrogen) atoms. The molecule has 5 heteroatoms. The number of nitrogens with zero attached hydrogens (tertiary/aromatic N) is 1. The van der Waals surface area contributed by atoms with E-state index in [1.807, 2.05) is 6.92 Å².